The molecule has 0 aliphatic carbocycles. The van der Waals surface area contributed by atoms with E-state index in [1.54, 1.807) is 0 Å². The van der Waals surface area contributed by atoms with E-state index in [0.29, 0.717) is 11.8 Å². The molecule has 11 rings (SSSR count). The number of rotatable bonds is 4. The first kappa shape index (κ1) is 37.1. The molecule has 0 heteroatoms. The second-order valence-electron chi connectivity index (χ2n) is 20.6. The first-order valence-electron chi connectivity index (χ1n) is 22.1. The molecule has 0 nitrogen and oxygen atoms in total. The molecule has 0 amide bonds. The maximum Gasteiger partial charge on any atom is -0.00197 e. The van der Waals surface area contributed by atoms with Gasteiger partial charge in [0, 0.05) is 0 Å². The van der Waals surface area contributed by atoms with E-state index in [-0.39, 0.29) is 10.8 Å². The molecule has 0 heterocycles. The average Bonchev–Trinajstić information content (AvgIpc) is 3.72. The lowest BCUT2D eigenvalue weighted by molar-refractivity contribution is 0.590. The van der Waals surface area contributed by atoms with Gasteiger partial charge in [-0.25, -0.2) is 0 Å². The fraction of sp³-hybridized carbons (Fsp3) is 0.233. The average molecular weight is 775 g/mol. The van der Waals surface area contributed by atoms with Crippen LogP contribution in [0.4, 0.5) is 0 Å². The van der Waals surface area contributed by atoms with E-state index in [4.69, 9.17) is 0 Å². The number of benzene rings is 9. The van der Waals surface area contributed by atoms with Gasteiger partial charge in [0.15, 0.2) is 0 Å². The molecule has 0 atom stereocenters. The SMILES string of the molecule is CC(C)c1cc2c3ccc4c(cc5c6ccc(-c7ccc(C(C)(C)C)cc7)cc6c6cc(C(C)C)cc4c65)c3cc3c4ccc(-c5ccc(C(C)(C)C)cc5)cc4c(c1)c23. The van der Waals surface area contributed by atoms with Crippen molar-refractivity contribution in [2.24, 2.45) is 0 Å². The maximum absolute atomic E-state index is 2.54. The van der Waals surface area contributed by atoms with Gasteiger partial charge in [0.05, 0.1) is 0 Å². The van der Waals surface area contributed by atoms with Crippen molar-refractivity contribution in [3.8, 4) is 22.3 Å². The molecule has 0 N–H and O–H groups in total. The van der Waals surface area contributed by atoms with Crippen molar-refractivity contribution in [2.75, 3.05) is 0 Å². The van der Waals surface area contributed by atoms with Crippen LogP contribution in [0.15, 0.2) is 133 Å². The molecule has 0 spiro atoms. The third-order valence-corrected chi connectivity index (χ3v) is 14.0. The van der Waals surface area contributed by atoms with E-state index in [1.165, 1.54) is 131 Å². The summed E-state index contributed by atoms with van der Waals surface area (Å²) in [6.45, 7) is 23.0. The molecule has 60 heavy (non-hydrogen) atoms. The van der Waals surface area contributed by atoms with Crippen LogP contribution < -0.4 is 0 Å². The highest BCUT2D eigenvalue weighted by Crippen LogP contribution is 2.49. The van der Waals surface area contributed by atoms with E-state index in [2.05, 4.69) is 203 Å². The largest absolute Gasteiger partial charge is 0.0587 e. The van der Waals surface area contributed by atoms with Gasteiger partial charge >= 0.3 is 0 Å². The van der Waals surface area contributed by atoms with Gasteiger partial charge in [0.2, 0.25) is 0 Å². The smallest absolute Gasteiger partial charge is 0.00197 e. The Bertz CT molecular complexity index is 3270. The van der Waals surface area contributed by atoms with Gasteiger partial charge in [-0.2, -0.15) is 0 Å². The quantitative estimate of drug-likeness (QED) is 0.156. The van der Waals surface area contributed by atoms with Crippen LogP contribution in [0.1, 0.15) is 103 Å². The monoisotopic (exact) mass is 774 g/mol. The molecule has 294 valence electrons. The van der Waals surface area contributed by atoms with Crippen LogP contribution in [0.5, 0.6) is 0 Å². The second kappa shape index (κ2) is 12.8. The van der Waals surface area contributed by atoms with Crippen LogP contribution >= 0.6 is 0 Å². The zero-order valence-electron chi connectivity index (χ0n) is 36.9. The molecule has 11 aromatic carbocycles. The standard InChI is InChI=1S/C60H54/c1-33(2)39-27-51-45-23-24-46-50(49(45)31-55-43-21-15-37(25-47(43)53(29-39)57(51)55)35-11-17-41(18-12-35)59(5,6)7)32-56-44-22-16-38(36-13-19-42(20-14-36)60(8,9)10)26-48(44)54-30-40(34(3)4)28-52(46)58(54)56/h11-34H,1-10H3. The summed E-state index contributed by atoms with van der Waals surface area (Å²) in [5.74, 6) is 0.828. The number of hydrogen-bond acceptors (Lipinski definition) is 0. The molecule has 0 unspecified atom stereocenters. The number of hydrogen-bond donors (Lipinski definition) is 0. The number of fused-ring (bicyclic) bond motifs is 11. The van der Waals surface area contributed by atoms with Gasteiger partial charge < -0.3 is 0 Å². The van der Waals surface area contributed by atoms with E-state index in [9.17, 15) is 0 Å². The molecular formula is C60H54. The molecule has 0 saturated carbocycles. The first-order valence-corrected chi connectivity index (χ1v) is 22.1. The predicted molar refractivity (Wildman–Crippen MR) is 265 cm³/mol. The summed E-state index contributed by atoms with van der Waals surface area (Å²) in [5, 5.41) is 21.7. The van der Waals surface area contributed by atoms with Crippen molar-refractivity contribution in [3.05, 3.63) is 156 Å². The van der Waals surface area contributed by atoms with E-state index in [0.717, 1.165) is 0 Å². The highest BCUT2D eigenvalue weighted by atomic mass is 14.3. The van der Waals surface area contributed by atoms with E-state index in [1.807, 2.05) is 0 Å². The van der Waals surface area contributed by atoms with Crippen LogP contribution in [0, 0.1) is 0 Å². The fourth-order valence-electron chi connectivity index (χ4n) is 10.4. The zero-order valence-corrected chi connectivity index (χ0v) is 36.9. The van der Waals surface area contributed by atoms with E-state index < -0.39 is 0 Å². The zero-order chi connectivity index (χ0) is 41.6. The minimum Gasteiger partial charge on any atom is -0.0587 e. The first-order chi connectivity index (χ1) is 28.6. The third kappa shape index (κ3) is 5.49. The van der Waals surface area contributed by atoms with E-state index >= 15 is 0 Å². The molecule has 0 saturated heterocycles. The Kier molecular flexibility index (Phi) is 7.88. The van der Waals surface area contributed by atoms with Gasteiger partial charge in [-0.1, -0.05) is 178 Å². The molecule has 0 aromatic heterocycles. The van der Waals surface area contributed by atoms with Crippen LogP contribution in [0.3, 0.4) is 0 Å². The molecule has 0 aliphatic heterocycles. The predicted octanol–water partition coefficient (Wildman–Crippen LogP) is 18.0. The van der Waals surface area contributed by atoms with Crippen LogP contribution in [0.2, 0.25) is 0 Å². The van der Waals surface area contributed by atoms with Crippen LogP contribution in [-0.2, 0) is 10.8 Å². The minimum atomic E-state index is 0.128. The Hall–Kier alpha value is -5.98. The lowest BCUT2D eigenvalue weighted by atomic mass is 9.86. The normalized spacial score (nSPS) is 13.1. The van der Waals surface area contributed by atoms with Gasteiger partial charge in [0.25, 0.3) is 0 Å². The van der Waals surface area contributed by atoms with Crippen molar-refractivity contribution in [3.63, 3.8) is 0 Å². The van der Waals surface area contributed by atoms with Crippen LogP contribution in [-0.4, -0.2) is 0 Å². The Morgan fingerprint density at radius 1 is 0.267 bits per heavy atom. The third-order valence-electron chi connectivity index (χ3n) is 14.0. The highest BCUT2D eigenvalue weighted by Gasteiger charge is 2.22. The summed E-state index contributed by atoms with van der Waals surface area (Å²) >= 11 is 0. The summed E-state index contributed by atoms with van der Waals surface area (Å²) in [5.41, 5.74) is 10.9. The minimum absolute atomic E-state index is 0.128. The van der Waals surface area contributed by atoms with Crippen molar-refractivity contribution in [1.29, 1.82) is 0 Å². The van der Waals surface area contributed by atoms with Gasteiger partial charge in [0.1, 0.15) is 0 Å². The van der Waals surface area contributed by atoms with Crippen molar-refractivity contribution >= 4 is 86.2 Å². The van der Waals surface area contributed by atoms with Crippen LogP contribution in [0.25, 0.3) is 108 Å². The van der Waals surface area contributed by atoms with Gasteiger partial charge in [-0.05, 0) is 178 Å². The Balaban J connectivity index is 1.19. The fourth-order valence-corrected chi connectivity index (χ4v) is 10.4. The highest BCUT2D eigenvalue weighted by molar-refractivity contribution is 6.40. The molecule has 0 aliphatic rings. The Labute approximate surface area is 354 Å². The summed E-state index contributed by atoms with van der Waals surface area (Å²) in [7, 11) is 0. The van der Waals surface area contributed by atoms with Crippen molar-refractivity contribution in [1.82, 2.24) is 0 Å². The Morgan fingerprint density at radius 3 is 0.850 bits per heavy atom. The molecule has 11 aromatic rings. The lowest BCUT2D eigenvalue weighted by Gasteiger charge is -2.19. The molecule has 0 radical (unpaired) electrons. The molecular weight excluding hydrogens is 721 g/mol. The second-order valence-corrected chi connectivity index (χ2v) is 20.6. The van der Waals surface area contributed by atoms with Gasteiger partial charge in [-0.15, -0.1) is 0 Å². The lowest BCUT2D eigenvalue weighted by Crippen LogP contribution is -2.10. The van der Waals surface area contributed by atoms with Crippen molar-refractivity contribution in [2.45, 2.75) is 91.9 Å². The Morgan fingerprint density at radius 2 is 0.533 bits per heavy atom. The summed E-state index contributed by atoms with van der Waals surface area (Å²) in [6.07, 6.45) is 0. The molecule has 0 fully saturated rings. The van der Waals surface area contributed by atoms with Crippen molar-refractivity contribution < 1.29 is 0 Å². The maximum atomic E-state index is 2.54. The molecule has 0 bridgehead atoms. The summed E-state index contributed by atoms with van der Waals surface area (Å²) < 4.78 is 0. The summed E-state index contributed by atoms with van der Waals surface area (Å²) in [6, 6.07) is 52.7. The topological polar surface area (TPSA) is 0 Å². The summed E-state index contributed by atoms with van der Waals surface area (Å²) in [4.78, 5) is 0. The van der Waals surface area contributed by atoms with Gasteiger partial charge in [-0.3, -0.25) is 0 Å².